The molecule has 1 aliphatic heterocycles. The number of carbonyl (C=O) groups excluding carboxylic acids is 1. The van der Waals surface area contributed by atoms with Crippen LogP contribution in [0.5, 0.6) is 0 Å². The van der Waals surface area contributed by atoms with Gasteiger partial charge in [0.25, 0.3) is 5.91 Å². The van der Waals surface area contributed by atoms with Gasteiger partial charge in [0, 0.05) is 41.6 Å². The van der Waals surface area contributed by atoms with Crippen LogP contribution >= 0.6 is 23.2 Å². The Hall–Kier alpha value is -2.57. The van der Waals surface area contributed by atoms with Gasteiger partial charge >= 0.3 is 0 Å². The van der Waals surface area contributed by atoms with Crippen LogP contribution in [0.15, 0.2) is 42.7 Å². The first-order chi connectivity index (χ1) is 12.9. The Morgan fingerprint density at radius 1 is 1.22 bits per heavy atom. The maximum absolute atomic E-state index is 13.3. The Bertz CT molecular complexity index is 1060. The standard InChI is InChI=1S/C19H17Cl2N4O2/c1-11-7-13(5-6-24(11)27)15-9-22-25-12(2)10-23(19(26)18(15)25)14-3-4-16(20)17(21)8-14/h3-9,12,27H,10H2,1-2H3/q+1. The van der Waals surface area contributed by atoms with Gasteiger partial charge in [-0.15, -0.1) is 0 Å². The highest BCUT2D eigenvalue weighted by Crippen LogP contribution is 2.34. The lowest BCUT2D eigenvalue weighted by atomic mass is 10.0. The van der Waals surface area contributed by atoms with E-state index in [-0.39, 0.29) is 11.9 Å². The zero-order valence-electron chi connectivity index (χ0n) is 14.7. The number of fused-ring (bicyclic) bond motifs is 1. The highest BCUT2D eigenvalue weighted by molar-refractivity contribution is 6.42. The van der Waals surface area contributed by atoms with E-state index in [1.807, 2.05) is 13.0 Å². The number of aromatic nitrogens is 3. The summed E-state index contributed by atoms with van der Waals surface area (Å²) in [4.78, 5) is 15.0. The number of pyridine rings is 1. The number of benzene rings is 1. The fraction of sp³-hybridized carbons (Fsp3) is 0.211. The molecular weight excluding hydrogens is 387 g/mol. The summed E-state index contributed by atoms with van der Waals surface area (Å²) >= 11 is 12.2. The third-order valence-electron chi connectivity index (χ3n) is 4.75. The molecule has 0 spiro atoms. The van der Waals surface area contributed by atoms with Crippen LogP contribution in [0.4, 0.5) is 5.69 Å². The summed E-state index contributed by atoms with van der Waals surface area (Å²) in [5, 5.41) is 15.0. The molecule has 27 heavy (non-hydrogen) atoms. The van der Waals surface area contributed by atoms with Crippen LogP contribution in [0.25, 0.3) is 11.1 Å². The second-order valence-electron chi connectivity index (χ2n) is 6.62. The SMILES string of the molecule is Cc1cc(-c2cnn3c2C(=O)N(c2ccc(Cl)c(Cl)c2)CC3C)cc[n+]1O. The van der Waals surface area contributed by atoms with E-state index in [0.29, 0.717) is 33.7 Å². The molecule has 3 heterocycles. The number of hydrogen-bond donors (Lipinski definition) is 1. The summed E-state index contributed by atoms with van der Waals surface area (Å²) in [7, 11) is 0. The number of anilines is 1. The van der Waals surface area contributed by atoms with Crippen molar-refractivity contribution >= 4 is 34.8 Å². The first-order valence-electron chi connectivity index (χ1n) is 8.43. The molecule has 3 aromatic rings. The van der Waals surface area contributed by atoms with Crippen LogP contribution in [0.1, 0.15) is 29.1 Å². The number of halogens is 2. The van der Waals surface area contributed by atoms with E-state index in [2.05, 4.69) is 5.10 Å². The normalized spacial score (nSPS) is 16.5. The largest absolute Gasteiger partial charge is 0.305 e. The molecule has 138 valence electrons. The smallest absolute Gasteiger partial charge is 0.277 e. The van der Waals surface area contributed by atoms with Crippen molar-refractivity contribution in [3.05, 3.63) is 64.2 Å². The maximum atomic E-state index is 13.3. The van der Waals surface area contributed by atoms with Crippen molar-refractivity contribution in [1.29, 1.82) is 0 Å². The molecule has 0 fully saturated rings. The first-order valence-corrected chi connectivity index (χ1v) is 9.18. The van der Waals surface area contributed by atoms with Gasteiger partial charge < -0.3 is 4.90 Å². The number of rotatable bonds is 2. The number of amides is 1. The molecule has 1 N–H and O–H groups in total. The van der Waals surface area contributed by atoms with Gasteiger partial charge in [-0.1, -0.05) is 23.2 Å². The number of hydrogen-bond acceptors (Lipinski definition) is 3. The summed E-state index contributed by atoms with van der Waals surface area (Å²) in [5.74, 6) is -0.155. The second kappa shape index (κ2) is 6.55. The molecule has 8 heteroatoms. The third-order valence-corrected chi connectivity index (χ3v) is 5.49. The van der Waals surface area contributed by atoms with Crippen LogP contribution in [-0.4, -0.2) is 27.4 Å². The van der Waals surface area contributed by atoms with Crippen molar-refractivity contribution in [2.24, 2.45) is 0 Å². The average molecular weight is 404 g/mol. The minimum Gasteiger partial charge on any atom is -0.305 e. The van der Waals surface area contributed by atoms with Gasteiger partial charge in [0.05, 0.1) is 22.3 Å². The Morgan fingerprint density at radius 2 is 2.00 bits per heavy atom. The van der Waals surface area contributed by atoms with Crippen LogP contribution in [0.3, 0.4) is 0 Å². The molecule has 1 aliphatic rings. The minimum atomic E-state index is -0.155. The molecule has 2 aromatic heterocycles. The Kier molecular flexibility index (Phi) is 4.32. The molecule has 0 radical (unpaired) electrons. The topological polar surface area (TPSA) is 62.2 Å². The van der Waals surface area contributed by atoms with Crippen LogP contribution in [-0.2, 0) is 0 Å². The van der Waals surface area contributed by atoms with Gasteiger partial charge in [0.1, 0.15) is 5.69 Å². The number of nitrogens with zero attached hydrogens (tertiary/aromatic N) is 4. The van der Waals surface area contributed by atoms with Gasteiger partial charge in [-0.25, -0.2) is 0 Å². The van der Waals surface area contributed by atoms with Gasteiger partial charge in [-0.2, -0.15) is 5.10 Å². The molecule has 4 rings (SSSR count). The van der Waals surface area contributed by atoms with E-state index in [9.17, 15) is 10.0 Å². The zero-order valence-corrected chi connectivity index (χ0v) is 16.2. The Labute approximate surface area is 166 Å². The van der Waals surface area contributed by atoms with Crippen LogP contribution in [0, 0.1) is 6.92 Å². The van der Waals surface area contributed by atoms with E-state index in [0.717, 1.165) is 15.9 Å². The molecule has 0 aliphatic carbocycles. The molecule has 0 saturated carbocycles. The van der Waals surface area contributed by atoms with Crippen LogP contribution < -0.4 is 9.63 Å². The summed E-state index contributed by atoms with van der Waals surface area (Å²) in [6.07, 6.45) is 3.24. The minimum absolute atomic E-state index is 0.00603. The molecule has 1 unspecified atom stereocenters. The highest BCUT2D eigenvalue weighted by atomic mass is 35.5. The predicted molar refractivity (Wildman–Crippen MR) is 103 cm³/mol. The third kappa shape index (κ3) is 2.95. The van der Waals surface area contributed by atoms with E-state index in [4.69, 9.17) is 23.2 Å². The molecule has 0 bridgehead atoms. The lowest BCUT2D eigenvalue weighted by Gasteiger charge is -2.32. The lowest BCUT2D eigenvalue weighted by molar-refractivity contribution is -0.908. The maximum Gasteiger partial charge on any atom is 0.277 e. The summed E-state index contributed by atoms with van der Waals surface area (Å²) in [6.45, 7) is 4.27. The van der Waals surface area contributed by atoms with E-state index >= 15 is 0 Å². The van der Waals surface area contributed by atoms with E-state index < -0.39 is 0 Å². The van der Waals surface area contributed by atoms with E-state index in [1.54, 1.807) is 53.2 Å². The highest BCUT2D eigenvalue weighted by Gasteiger charge is 2.34. The molecule has 6 nitrogen and oxygen atoms in total. The molecular formula is C19H17Cl2N4O2+. The summed E-state index contributed by atoms with van der Waals surface area (Å²) < 4.78 is 2.78. The number of carbonyl (C=O) groups is 1. The van der Waals surface area contributed by atoms with Crippen LogP contribution in [0.2, 0.25) is 10.0 Å². The summed E-state index contributed by atoms with van der Waals surface area (Å²) in [6, 6.07) is 8.72. The van der Waals surface area contributed by atoms with Gasteiger partial charge in [0.15, 0.2) is 0 Å². The average Bonchev–Trinajstić information content (AvgIpc) is 3.09. The van der Waals surface area contributed by atoms with Gasteiger partial charge in [-0.05, 0) is 30.7 Å². The van der Waals surface area contributed by atoms with Gasteiger partial charge in [0.2, 0.25) is 11.9 Å². The fourth-order valence-corrected chi connectivity index (χ4v) is 3.62. The number of aryl methyl sites for hydroxylation is 1. The van der Waals surface area contributed by atoms with E-state index in [1.165, 1.54) is 0 Å². The summed E-state index contributed by atoms with van der Waals surface area (Å²) in [5.41, 5.74) is 3.40. The van der Waals surface area contributed by atoms with Crippen molar-refractivity contribution in [1.82, 2.24) is 9.78 Å². The van der Waals surface area contributed by atoms with Gasteiger partial charge in [-0.3, -0.25) is 14.7 Å². The monoisotopic (exact) mass is 403 g/mol. The first kappa shape index (κ1) is 17.8. The second-order valence-corrected chi connectivity index (χ2v) is 7.43. The fourth-order valence-electron chi connectivity index (χ4n) is 3.32. The van der Waals surface area contributed by atoms with Crippen molar-refractivity contribution in [2.75, 3.05) is 11.4 Å². The predicted octanol–water partition coefficient (Wildman–Crippen LogP) is 3.91. The lowest BCUT2D eigenvalue weighted by Crippen LogP contribution is -2.42. The molecule has 1 atom stereocenters. The van der Waals surface area contributed by atoms with Crippen molar-refractivity contribution in [3.8, 4) is 11.1 Å². The quantitative estimate of drug-likeness (QED) is 0.521. The molecule has 0 saturated heterocycles. The van der Waals surface area contributed by atoms with Crippen molar-refractivity contribution in [3.63, 3.8) is 0 Å². The molecule has 1 aromatic carbocycles. The molecule has 1 amide bonds. The zero-order chi connectivity index (χ0) is 19.3. The van der Waals surface area contributed by atoms with Crippen molar-refractivity contribution in [2.45, 2.75) is 19.9 Å². The Morgan fingerprint density at radius 3 is 2.70 bits per heavy atom. The van der Waals surface area contributed by atoms with Crippen molar-refractivity contribution < 1.29 is 14.7 Å². The Balaban J connectivity index is 1.81.